The van der Waals surface area contributed by atoms with Crippen molar-refractivity contribution in [2.75, 3.05) is 13.2 Å². The molecule has 0 aromatic carbocycles. The zero-order chi connectivity index (χ0) is 8.39. The molecule has 12 heavy (non-hydrogen) atoms. The van der Waals surface area contributed by atoms with Crippen molar-refractivity contribution in [3.05, 3.63) is 17.5 Å². The highest BCUT2D eigenvalue weighted by atomic mass is 16.5. The van der Waals surface area contributed by atoms with Gasteiger partial charge in [-0.1, -0.05) is 0 Å². The molecule has 0 saturated carbocycles. The molecule has 1 N–H and O–H groups in total. The monoisotopic (exact) mass is 166 g/mol. The van der Waals surface area contributed by atoms with Crippen LogP contribution in [-0.2, 0) is 4.74 Å². The summed E-state index contributed by atoms with van der Waals surface area (Å²) in [5.41, 5.74) is 2.58. The number of aromatic nitrogens is 2. The van der Waals surface area contributed by atoms with Crippen molar-refractivity contribution in [1.82, 2.24) is 10.2 Å². The average Bonchev–Trinajstić information content (AvgIpc) is 2.53. The first-order valence-electron chi connectivity index (χ1n) is 4.45. The Labute approximate surface area is 72.1 Å². The van der Waals surface area contributed by atoms with E-state index in [4.69, 9.17) is 4.74 Å². The van der Waals surface area contributed by atoms with Gasteiger partial charge in [0.15, 0.2) is 0 Å². The number of nitrogens with one attached hydrogen (secondary N) is 1. The summed E-state index contributed by atoms with van der Waals surface area (Å²) >= 11 is 0. The molecule has 0 amide bonds. The molecule has 2 heterocycles. The van der Waals surface area contributed by atoms with E-state index >= 15 is 0 Å². The molecule has 0 atom stereocenters. The minimum atomic E-state index is 0.640. The standard InChI is InChI=1S/C9H14N2O/c1-7-6-10-11-9(7)8-2-4-12-5-3-8/h6,8H,2-5H2,1H3,(H,10,11). The van der Waals surface area contributed by atoms with Gasteiger partial charge in [-0.3, -0.25) is 5.10 Å². The van der Waals surface area contributed by atoms with Crippen LogP contribution >= 0.6 is 0 Å². The van der Waals surface area contributed by atoms with E-state index in [1.54, 1.807) is 0 Å². The maximum Gasteiger partial charge on any atom is 0.0519 e. The van der Waals surface area contributed by atoms with E-state index in [0.29, 0.717) is 5.92 Å². The summed E-state index contributed by atoms with van der Waals surface area (Å²) in [4.78, 5) is 0. The predicted octanol–water partition coefficient (Wildman–Crippen LogP) is 1.61. The van der Waals surface area contributed by atoms with Gasteiger partial charge in [-0.2, -0.15) is 5.10 Å². The molecule has 1 fully saturated rings. The lowest BCUT2D eigenvalue weighted by Crippen LogP contribution is -2.15. The number of H-pyrrole nitrogens is 1. The fourth-order valence-corrected chi connectivity index (χ4v) is 1.76. The van der Waals surface area contributed by atoms with Gasteiger partial charge in [0.05, 0.1) is 6.20 Å². The smallest absolute Gasteiger partial charge is 0.0519 e. The molecule has 3 nitrogen and oxygen atoms in total. The highest BCUT2D eigenvalue weighted by Gasteiger charge is 2.18. The summed E-state index contributed by atoms with van der Waals surface area (Å²) < 4.78 is 5.30. The summed E-state index contributed by atoms with van der Waals surface area (Å²) in [5, 5.41) is 7.10. The minimum absolute atomic E-state index is 0.640. The van der Waals surface area contributed by atoms with Crippen molar-refractivity contribution in [2.45, 2.75) is 25.7 Å². The van der Waals surface area contributed by atoms with Gasteiger partial charge < -0.3 is 4.74 Å². The highest BCUT2D eigenvalue weighted by Crippen LogP contribution is 2.26. The van der Waals surface area contributed by atoms with Crippen LogP contribution in [0.3, 0.4) is 0 Å². The predicted molar refractivity (Wildman–Crippen MR) is 46.1 cm³/mol. The van der Waals surface area contributed by atoms with Crippen LogP contribution in [-0.4, -0.2) is 23.4 Å². The second-order valence-corrected chi connectivity index (χ2v) is 3.35. The molecular formula is C9H14N2O. The Kier molecular flexibility index (Phi) is 2.13. The normalized spacial score (nSPS) is 19.8. The van der Waals surface area contributed by atoms with E-state index in [1.165, 1.54) is 11.3 Å². The average molecular weight is 166 g/mol. The van der Waals surface area contributed by atoms with Crippen LogP contribution in [0, 0.1) is 6.92 Å². The first-order valence-corrected chi connectivity index (χ1v) is 4.45. The number of rotatable bonds is 1. The van der Waals surface area contributed by atoms with Gasteiger partial charge in [-0.05, 0) is 25.3 Å². The maximum absolute atomic E-state index is 5.30. The fourth-order valence-electron chi connectivity index (χ4n) is 1.76. The Morgan fingerprint density at radius 2 is 2.25 bits per heavy atom. The van der Waals surface area contributed by atoms with Crippen LogP contribution in [0.5, 0.6) is 0 Å². The lowest BCUT2D eigenvalue weighted by molar-refractivity contribution is 0.0844. The van der Waals surface area contributed by atoms with Crippen LogP contribution in [0.1, 0.15) is 30.0 Å². The van der Waals surface area contributed by atoms with Crippen LogP contribution < -0.4 is 0 Å². The molecule has 1 aromatic heterocycles. The quantitative estimate of drug-likeness (QED) is 0.688. The van der Waals surface area contributed by atoms with E-state index < -0.39 is 0 Å². The first kappa shape index (κ1) is 7.80. The summed E-state index contributed by atoms with van der Waals surface area (Å²) in [6, 6.07) is 0. The van der Waals surface area contributed by atoms with Gasteiger partial charge >= 0.3 is 0 Å². The third-order valence-corrected chi connectivity index (χ3v) is 2.50. The SMILES string of the molecule is Cc1cn[nH]c1C1CCOCC1. The van der Waals surface area contributed by atoms with Crippen molar-refractivity contribution in [2.24, 2.45) is 0 Å². The molecule has 0 unspecified atom stereocenters. The molecule has 1 aromatic rings. The molecule has 2 rings (SSSR count). The van der Waals surface area contributed by atoms with E-state index in [-0.39, 0.29) is 0 Å². The number of nitrogens with zero attached hydrogens (tertiary/aromatic N) is 1. The van der Waals surface area contributed by atoms with Crippen LogP contribution in [0.15, 0.2) is 6.20 Å². The van der Waals surface area contributed by atoms with E-state index in [2.05, 4.69) is 17.1 Å². The third kappa shape index (κ3) is 1.37. The molecule has 0 bridgehead atoms. The zero-order valence-electron chi connectivity index (χ0n) is 7.34. The Hall–Kier alpha value is -0.830. The molecule has 3 heteroatoms. The molecule has 1 aliphatic rings. The number of hydrogen-bond donors (Lipinski definition) is 1. The van der Waals surface area contributed by atoms with Gasteiger partial charge in [0.25, 0.3) is 0 Å². The van der Waals surface area contributed by atoms with Gasteiger partial charge in [0.1, 0.15) is 0 Å². The van der Waals surface area contributed by atoms with Crippen molar-refractivity contribution in [3.8, 4) is 0 Å². The number of ether oxygens (including phenoxy) is 1. The zero-order valence-corrected chi connectivity index (χ0v) is 7.34. The van der Waals surface area contributed by atoms with Gasteiger partial charge in [0.2, 0.25) is 0 Å². The Balaban J connectivity index is 2.13. The molecule has 0 aliphatic carbocycles. The summed E-state index contributed by atoms with van der Waals surface area (Å²) in [6.45, 7) is 3.89. The van der Waals surface area contributed by atoms with E-state index in [0.717, 1.165) is 26.1 Å². The number of aromatic amines is 1. The van der Waals surface area contributed by atoms with Crippen molar-refractivity contribution in [1.29, 1.82) is 0 Å². The molecule has 0 radical (unpaired) electrons. The number of hydrogen-bond acceptors (Lipinski definition) is 2. The van der Waals surface area contributed by atoms with Gasteiger partial charge in [-0.25, -0.2) is 0 Å². The van der Waals surface area contributed by atoms with Crippen LogP contribution in [0.4, 0.5) is 0 Å². The van der Waals surface area contributed by atoms with Crippen molar-refractivity contribution >= 4 is 0 Å². The maximum atomic E-state index is 5.30. The lowest BCUT2D eigenvalue weighted by Gasteiger charge is -2.21. The lowest BCUT2D eigenvalue weighted by atomic mass is 9.94. The molecule has 0 spiro atoms. The molecular weight excluding hydrogens is 152 g/mol. The topological polar surface area (TPSA) is 37.9 Å². The number of aryl methyl sites for hydroxylation is 1. The van der Waals surface area contributed by atoms with Gasteiger partial charge in [0, 0.05) is 24.8 Å². The molecule has 1 saturated heterocycles. The van der Waals surface area contributed by atoms with Crippen LogP contribution in [0.25, 0.3) is 0 Å². The van der Waals surface area contributed by atoms with Crippen LogP contribution in [0.2, 0.25) is 0 Å². The third-order valence-electron chi connectivity index (χ3n) is 2.50. The van der Waals surface area contributed by atoms with Crippen molar-refractivity contribution in [3.63, 3.8) is 0 Å². The summed E-state index contributed by atoms with van der Waals surface area (Å²) in [5.74, 6) is 0.640. The Bertz CT molecular complexity index is 251. The van der Waals surface area contributed by atoms with Gasteiger partial charge in [-0.15, -0.1) is 0 Å². The minimum Gasteiger partial charge on any atom is -0.381 e. The molecule has 66 valence electrons. The molecule has 1 aliphatic heterocycles. The first-order chi connectivity index (χ1) is 5.88. The fraction of sp³-hybridized carbons (Fsp3) is 0.667. The highest BCUT2D eigenvalue weighted by molar-refractivity contribution is 5.18. The summed E-state index contributed by atoms with van der Waals surface area (Å²) in [6.07, 6.45) is 4.15. The van der Waals surface area contributed by atoms with E-state index in [1.807, 2.05) is 6.20 Å². The van der Waals surface area contributed by atoms with E-state index in [9.17, 15) is 0 Å². The second-order valence-electron chi connectivity index (χ2n) is 3.35. The second kappa shape index (κ2) is 3.27. The summed E-state index contributed by atoms with van der Waals surface area (Å²) in [7, 11) is 0. The largest absolute Gasteiger partial charge is 0.381 e. The Morgan fingerprint density at radius 3 is 2.83 bits per heavy atom. The van der Waals surface area contributed by atoms with Crippen molar-refractivity contribution < 1.29 is 4.74 Å². The Morgan fingerprint density at radius 1 is 1.50 bits per heavy atom.